The molecule has 1 amide bonds. The molecule has 1 aromatic carbocycles. The highest BCUT2D eigenvalue weighted by molar-refractivity contribution is 5.92. The monoisotopic (exact) mass is 283 g/mol. The van der Waals surface area contributed by atoms with Gasteiger partial charge in [0, 0.05) is 12.1 Å². The van der Waals surface area contributed by atoms with Gasteiger partial charge in [0.15, 0.2) is 0 Å². The Hall–Kier alpha value is -1.57. The smallest absolute Gasteiger partial charge is 0.244 e. The van der Waals surface area contributed by atoms with Gasteiger partial charge in [-0.15, -0.1) is 0 Å². The number of carbonyl (C=O) groups excluding carboxylic acids is 1. The lowest BCUT2D eigenvalue weighted by Gasteiger charge is -2.39. The first-order valence-corrected chi connectivity index (χ1v) is 7.97. The van der Waals surface area contributed by atoms with Crippen LogP contribution in [0.15, 0.2) is 36.4 Å². The second kappa shape index (κ2) is 5.01. The Bertz CT molecular complexity index is 560. The third-order valence-corrected chi connectivity index (χ3v) is 6.34. The zero-order valence-electron chi connectivity index (χ0n) is 13.2. The summed E-state index contributed by atoms with van der Waals surface area (Å²) < 4.78 is 0. The van der Waals surface area contributed by atoms with E-state index in [0.717, 1.165) is 17.9 Å². The molecule has 1 N–H and O–H groups in total. The van der Waals surface area contributed by atoms with Crippen LogP contribution in [0.4, 0.5) is 0 Å². The predicted molar refractivity (Wildman–Crippen MR) is 86.6 cm³/mol. The molecule has 2 aliphatic rings. The van der Waals surface area contributed by atoms with Crippen LogP contribution in [0.2, 0.25) is 0 Å². The molecule has 2 nitrogen and oxygen atoms in total. The molecule has 0 spiro atoms. The number of fused-ring (bicyclic) bond motifs is 2. The van der Waals surface area contributed by atoms with E-state index >= 15 is 0 Å². The fraction of sp³-hybridized carbons (Fsp3) is 0.526. The second-order valence-corrected chi connectivity index (χ2v) is 7.42. The number of benzene rings is 1. The molecule has 2 heteroatoms. The number of rotatable bonds is 3. The Labute approximate surface area is 127 Å². The Morgan fingerprint density at radius 3 is 2.52 bits per heavy atom. The molecule has 3 rings (SSSR count). The van der Waals surface area contributed by atoms with Crippen LogP contribution in [0.25, 0.3) is 6.08 Å². The number of nitrogens with one attached hydrogen (secondary N) is 1. The molecular weight excluding hydrogens is 258 g/mol. The summed E-state index contributed by atoms with van der Waals surface area (Å²) in [7, 11) is 0. The van der Waals surface area contributed by atoms with Gasteiger partial charge in [0.2, 0.25) is 5.91 Å². The minimum Gasteiger partial charge on any atom is -0.349 e. The van der Waals surface area contributed by atoms with Crippen LogP contribution in [0.5, 0.6) is 0 Å². The zero-order chi connectivity index (χ0) is 15.1. The summed E-state index contributed by atoms with van der Waals surface area (Å²) in [5.74, 6) is 0.791. The summed E-state index contributed by atoms with van der Waals surface area (Å²) in [4.78, 5) is 12.2. The zero-order valence-corrected chi connectivity index (χ0v) is 13.2. The van der Waals surface area contributed by atoms with Crippen molar-refractivity contribution in [3.63, 3.8) is 0 Å². The van der Waals surface area contributed by atoms with Crippen LogP contribution in [0.3, 0.4) is 0 Å². The number of amides is 1. The first-order chi connectivity index (χ1) is 9.93. The molecular formula is C19H25NO. The van der Waals surface area contributed by atoms with Crippen molar-refractivity contribution in [2.75, 3.05) is 0 Å². The van der Waals surface area contributed by atoms with Gasteiger partial charge in [0.25, 0.3) is 0 Å². The topological polar surface area (TPSA) is 29.1 Å². The van der Waals surface area contributed by atoms with Crippen molar-refractivity contribution in [1.29, 1.82) is 0 Å². The summed E-state index contributed by atoms with van der Waals surface area (Å²) in [6, 6.07) is 10.3. The highest BCUT2D eigenvalue weighted by Gasteiger charge is 2.61. The Morgan fingerprint density at radius 1 is 1.24 bits per heavy atom. The van der Waals surface area contributed by atoms with Gasteiger partial charge in [-0.05, 0) is 47.6 Å². The average molecular weight is 283 g/mol. The minimum absolute atomic E-state index is 0.0356. The van der Waals surface area contributed by atoms with E-state index < -0.39 is 0 Å². The molecule has 0 aromatic heterocycles. The van der Waals surface area contributed by atoms with Crippen molar-refractivity contribution >= 4 is 12.0 Å². The molecule has 2 saturated carbocycles. The molecule has 0 aliphatic heterocycles. The van der Waals surface area contributed by atoms with Crippen molar-refractivity contribution in [2.24, 2.45) is 16.7 Å². The summed E-state index contributed by atoms with van der Waals surface area (Å²) >= 11 is 0. The molecule has 2 bridgehead atoms. The summed E-state index contributed by atoms with van der Waals surface area (Å²) in [5, 5.41) is 3.25. The molecule has 21 heavy (non-hydrogen) atoms. The molecule has 0 saturated heterocycles. The predicted octanol–water partition coefficient (Wildman–Crippen LogP) is 4.03. The van der Waals surface area contributed by atoms with Crippen LogP contribution in [0.1, 0.15) is 45.6 Å². The van der Waals surface area contributed by atoms with E-state index in [1.807, 2.05) is 36.4 Å². The van der Waals surface area contributed by atoms with Crippen molar-refractivity contribution in [1.82, 2.24) is 5.32 Å². The van der Waals surface area contributed by atoms with E-state index in [1.54, 1.807) is 6.08 Å². The van der Waals surface area contributed by atoms with Crippen LogP contribution in [-0.2, 0) is 4.79 Å². The van der Waals surface area contributed by atoms with Crippen molar-refractivity contribution in [3.8, 4) is 0 Å². The third-order valence-electron chi connectivity index (χ3n) is 6.34. The molecule has 0 radical (unpaired) electrons. The number of hydrogen-bond acceptors (Lipinski definition) is 1. The fourth-order valence-electron chi connectivity index (χ4n) is 4.38. The third kappa shape index (κ3) is 2.31. The lowest BCUT2D eigenvalue weighted by molar-refractivity contribution is -0.118. The van der Waals surface area contributed by atoms with Crippen molar-refractivity contribution in [3.05, 3.63) is 42.0 Å². The van der Waals surface area contributed by atoms with E-state index in [-0.39, 0.29) is 11.3 Å². The van der Waals surface area contributed by atoms with Gasteiger partial charge in [-0.25, -0.2) is 0 Å². The van der Waals surface area contributed by atoms with Gasteiger partial charge in [-0.2, -0.15) is 0 Å². The van der Waals surface area contributed by atoms with E-state index in [0.29, 0.717) is 11.5 Å². The molecule has 2 fully saturated rings. The Kier molecular flexibility index (Phi) is 3.43. The number of hydrogen-bond donors (Lipinski definition) is 1. The van der Waals surface area contributed by atoms with Gasteiger partial charge >= 0.3 is 0 Å². The van der Waals surface area contributed by atoms with Crippen molar-refractivity contribution in [2.45, 2.75) is 46.1 Å². The number of carbonyl (C=O) groups is 1. The molecule has 0 heterocycles. The quantitative estimate of drug-likeness (QED) is 0.834. The molecule has 3 atom stereocenters. The van der Waals surface area contributed by atoms with Crippen LogP contribution in [-0.4, -0.2) is 11.9 Å². The largest absolute Gasteiger partial charge is 0.349 e. The van der Waals surface area contributed by atoms with Gasteiger partial charge in [-0.1, -0.05) is 51.1 Å². The van der Waals surface area contributed by atoms with E-state index in [1.165, 1.54) is 12.8 Å². The standard InChI is InChI=1S/C19H25NO/c1-18(2)15-11-12-19(18,3)16(13-15)20-17(21)10-9-14-7-5-4-6-8-14/h4-10,15-16H,11-13H2,1-3H3,(H,20,21)/b10-9+/t15-,16-,19-/m0/s1. The molecule has 2 aliphatic carbocycles. The van der Waals surface area contributed by atoms with Gasteiger partial charge in [0.05, 0.1) is 0 Å². The van der Waals surface area contributed by atoms with Gasteiger partial charge < -0.3 is 5.32 Å². The van der Waals surface area contributed by atoms with Crippen LogP contribution >= 0.6 is 0 Å². The highest BCUT2D eigenvalue weighted by atomic mass is 16.1. The first kappa shape index (κ1) is 14.4. The molecule has 112 valence electrons. The second-order valence-electron chi connectivity index (χ2n) is 7.42. The van der Waals surface area contributed by atoms with E-state index in [9.17, 15) is 4.79 Å². The van der Waals surface area contributed by atoms with Crippen LogP contribution in [0, 0.1) is 16.7 Å². The SMILES string of the molecule is CC1(C)[C@H]2CC[C@@]1(C)[C@@H](NC(=O)/C=C/c1ccccc1)C2. The lowest BCUT2D eigenvalue weighted by atomic mass is 9.69. The first-order valence-electron chi connectivity index (χ1n) is 7.97. The summed E-state index contributed by atoms with van der Waals surface area (Å²) in [6.07, 6.45) is 7.23. The maximum Gasteiger partial charge on any atom is 0.244 e. The fourth-order valence-corrected chi connectivity index (χ4v) is 4.38. The normalized spacial score (nSPS) is 33.5. The van der Waals surface area contributed by atoms with E-state index in [2.05, 4.69) is 26.1 Å². The maximum atomic E-state index is 12.2. The maximum absolute atomic E-state index is 12.2. The molecule has 1 aromatic rings. The average Bonchev–Trinajstić information content (AvgIpc) is 2.79. The lowest BCUT2D eigenvalue weighted by Crippen LogP contribution is -2.46. The Balaban J connectivity index is 1.66. The minimum atomic E-state index is 0.0356. The highest BCUT2D eigenvalue weighted by Crippen LogP contribution is 2.65. The summed E-state index contributed by atoms with van der Waals surface area (Å²) in [6.45, 7) is 7.10. The summed E-state index contributed by atoms with van der Waals surface area (Å²) in [5.41, 5.74) is 1.65. The molecule has 0 unspecified atom stereocenters. The van der Waals surface area contributed by atoms with Gasteiger partial charge in [-0.3, -0.25) is 4.79 Å². The van der Waals surface area contributed by atoms with Crippen molar-refractivity contribution < 1.29 is 4.79 Å². The Morgan fingerprint density at radius 2 is 1.95 bits per heavy atom. The van der Waals surface area contributed by atoms with Crippen LogP contribution < -0.4 is 5.32 Å². The van der Waals surface area contributed by atoms with Gasteiger partial charge in [0.1, 0.15) is 0 Å². The van der Waals surface area contributed by atoms with E-state index in [4.69, 9.17) is 0 Å².